The zero-order valence-electron chi connectivity index (χ0n) is 22.9. The lowest BCUT2D eigenvalue weighted by Crippen LogP contribution is -2.10. The first kappa shape index (κ1) is 27.0. The van der Waals surface area contributed by atoms with E-state index in [1.165, 1.54) is 24.3 Å². The fourth-order valence-corrected chi connectivity index (χ4v) is 5.50. The van der Waals surface area contributed by atoms with Crippen LogP contribution in [0.2, 0.25) is 0 Å². The van der Waals surface area contributed by atoms with Crippen LogP contribution >= 0.6 is 0 Å². The Morgan fingerprint density at radius 3 is 1.48 bits per heavy atom. The van der Waals surface area contributed by atoms with Crippen LogP contribution in [0, 0.1) is 29.8 Å². The summed E-state index contributed by atoms with van der Waals surface area (Å²) in [5, 5.41) is 1.74. The Kier molecular flexibility index (Phi) is 6.60. The van der Waals surface area contributed by atoms with Gasteiger partial charge < -0.3 is 9.32 Å². The summed E-state index contributed by atoms with van der Waals surface area (Å²) in [6.45, 7) is 7.33. The van der Waals surface area contributed by atoms with Gasteiger partial charge in [0.1, 0.15) is 34.4 Å². The molecule has 6 aromatic carbocycles. The van der Waals surface area contributed by atoms with E-state index in [9.17, 15) is 17.6 Å². The molecule has 0 aliphatic carbocycles. The molecule has 0 amide bonds. The van der Waals surface area contributed by atoms with Crippen molar-refractivity contribution >= 4 is 44.7 Å². The third kappa shape index (κ3) is 5.03. The van der Waals surface area contributed by atoms with Gasteiger partial charge in [0.05, 0.1) is 6.57 Å². The quantitative estimate of drug-likeness (QED) is 0.148. The second-order valence-corrected chi connectivity index (χ2v) is 10.3. The normalized spacial score (nSPS) is 11.2. The van der Waals surface area contributed by atoms with Gasteiger partial charge >= 0.3 is 0 Å². The summed E-state index contributed by atoms with van der Waals surface area (Å²) in [7, 11) is 0. The van der Waals surface area contributed by atoms with E-state index in [1.807, 2.05) is 53.4 Å². The van der Waals surface area contributed by atoms with Gasteiger partial charge in [-0.1, -0.05) is 36.4 Å². The monoisotopic (exact) mass is 584 g/mol. The van der Waals surface area contributed by atoms with Crippen molar-refractivity contribution < 1.29 is 22.0 Å². The summed E-state index contributed by atoms with van der Waals surface area (Å²) in [5.74, 6) is -2.74. The van der Waals surface area contributed by atoms with Gasteiger partial charge in [-0.3, -0.25) is 0 Å². The number of hydrogen-bond acceptors (Lipinski definition) is 2. The Labute approximate surface area is 249 Å². The average molecular weight is 585 g/mol. The van der Waals surface area contributed by atoms with Crippen LogP contribution in [0.4, 0.5) is 40.3 Å². The molecule has 7 aromatic rings. The SMILES string of the molecule is [C-]#[N+]c1ccc2c(c1)oc1cc(N(c3cccc(-c4cc(F)cc(F)c4)c3)c3cccc(-c4cc(F)cc(F)c4)c3)ccc12. The molecular formula is C37H20F4N2O. The van der Waals surface area contributed by atoms with Crippen molar-refractivity contribution in [2.24, 2.45) is 0 Å². The lowest BCUT2D eigenvalue weighted by Gasteiger charge is -2.26. The van der Waals surface area contributed by atoms with E-state index in [1.54, 1.807) is 36.4 Å². The zero-order chi connectivity index (χ0) is 30.4. The predicted molar refractivity (Wildman–Crippen MR) is 165 cm³/mol. The van der Waals surface area contributed by atoms with Gasteiger partial charge in [-0.05, 0) is 89.0 Å². The smallest absolute Gasteiger partial charge is 0.190 e. The minimum absolute atomic E-state index is 0.372. The highest BCUT2D eigenvalue weighted by Crippen LogP contribution is 2.41. The van der Waals surface area contributed by atoms with Crippen LogP contribution in [0.3, 0.4) is 0 Å². The maximum absolute atomic E-state index is 14.1. The molecule has 0 radical (unpaired) electrons. The molecule has 0 aliphatic rings. The van der Waals surface area contributed by atoms with Gasteiger partial charge in [-0.25, -0.2) is 22.4 Å². The summed E-state index contributed by atoms with van der Waals surface area (Å²) < 4.78 is 62.6. The molecule has 0 atom stereocenters. The second-order valence-electron chi connectivity index (χ2n) is 10.3. The molecular weight excluding hydrogens is 564 g/mol. The van der Waals surface area contributed by atoms with Gasteiger partial charge in [0.15, 0.2) is 5.69 Å². The van der Waals surface area contributed by atoms with Gasteiger partial charge in [0, 0.05) is 46.0 Å². The zero-order valence-corrected chi connectivity index (χ0v) is 22.9. The minimum Gasteiger partial charge on any atom is -0.457 e. The summed E-state index contributed by atoms with van der Waals surface area (Å²) in [6, 6.07) is 32.2. The van der Waals surface area contributed by atoms with E-state index in [0.717, 1.165) is 22.9 Å². The van der Waals surface area contributed by atoms with Crippen LogP contribution in [0.5, 0.6) is 0 Å². The molecule has 0 bridgehead atoms. The van der Waals surface area contributed by atoms with Crippen molar-refractivity contribution in [1.82, 2.24) is 0 Å². The van der Waals surface area contributed by atoms with Gasteiger partial charge in [-0.15, -0.1) is 0 Å². The van der Waals surface area contributed by atoms with E-state index >= 15 is 0 Å². The number of hydrogen-bond donors (Lipinski definition) is 0. The lowest BCUT2D eigenvalue weighted by molar-refractivity contribution is 0.583. The average Bonchev–Trinajstić information content (AvgIpc) is 3.37. The highest BCUT2D eigenvalue weighted by molar-refractivity contribution is 6.07. The first-order chi connectivity index (χ1) is 21.3. The molecule has 0 unspecified atom stereocenters. The first-order valence-electron chi connectivity index (χ1n) is 13.6. The van der Waals surface area contributed by atoms with Crippen molar-refractivity contribution in [1.29, 1.82) is 0 Å². The Morgan fingerprint density at radius 2 is 0.955 bits per heavy atom. The highest BCUT2D eigenvalue weighted by Gasteiger charge is 2.18. The maximum Gasteiger partial charge on any atom is 0.190 e. The van der Waals surface area contributed by atoms with Crippen LogP contribution < -0.4 is 4.90 Å². The van der Waals surface area contributed by atoms with Crippen molar-refractivity contribution in [3.63, 3.8) is 0 Å². The molecule has 7 heteroatoms. The topological polar surface area (TPSA) is 20.7 Å². The number of halogens is 4. The van der Waals surface area contributed by atoms with Crippen molar-refractivity contribution in [3.8, 4) is 22.3 Å². The van der Waals surface area contributed by atoms with Crippen LogP contribution in [-0.4, -0.2) is 0 Å². The van der Waals surface area contributed by atoms with Gasteiger partial charge in [0.2, 0.25) is 0 Å². The van der Waals surface area contributed by atoms with Gasteiger partial charge in [-0.2, -0.15) is 0 Å². The van der Waals surface area contributed by atoms with E-state index in [-0.39, 0.29) is 0 Å². The molecule has 0 fully saturated rings. The van der Waals surface area contributed by atoms with E-state index in [0.29, 0.717) is 56.2 Å². The molecule has 1 aromatic heterocycles. The number of anilines is 3. The van der Waals surface area contributed by atoms with Crippen LogP contribution in [-0.2, 0) is 0 Å². The fraction of sp³-hybridized carbons (Fsp3) is 0. The molecule has 7 rings (SSSR count). The van der Waals surface area contributed by atoms with E-state index < -0.39 is 23.3 Å². The molecule has 0 N–H and O–H groups in total. The number of nitrogens with zero attached hydrogens (tertiary/aromatic N) is 2. The van der Waals surface area contributed by atoms with Crippen LogP contribution in [0.15, 0.2) is 126 Å². The highest BCUT2D eigenvalue weighted by atomic mass is 19.1. The Morgan fingerprint density at radius 1 is 0.477 bits per heavy atom. The summed E-state index contributed by atoms with van der Waals surface area (Å²) in [5.41, 5.74) is 5.60. The molecule has 3 nitrogen and oxygen atoms in total. The molecule has 1 heterocycles. The molecule has 0 aliphatic heterocycles. The third-order valence-corrected chi connectivity index (χ3v) is 7.43. The summed E-state index contributed by atoms with van der Waals surface area (Å²) >= 11 is 0. The molecule has 44 heavy (non-hydrogen) atoms. The van der Waals surface area contributed by atoms with Gasteiger partial charge in [0.25, 0.3) is 0 Å². The fourth-order valence-electron chi connectivity index (χ4n) is 5.50. The largest absolute Gasteiger partial charge is 0.457 e. The molecule has 212 valence electrons. The first-order valence-corrected chi connectivity index (χ1v) is 13.6. The maximum atomic E-state index is 14.1. The number of furan rings is 1. The lowest BCUT2D eigenvalue weighted by atomic mass is 10.0. The number of fused-ring (bicyclic) bond motifs is 3. The van der Waals surface area contributed by atoms with E-state index in [4.69, 9.17) is 11.0 Å². The standard InChI is InChI=1S/C37H20F4N2O/c1-42-30-8-10-34-35-11-9-33(21-37(35)44-36(34)20-30)43(31-6-2-4-22(16-31)24-12-26(38)18-27(39)13-24)32-7-3-5-23(17-32)25-14-28(40)19-29(41)15-25/h2-21H. The molecule has 0 saturated carbocycles. The summed E-state index contributed by atoms with van der Waals surface area (Å²) in [6.07, 6.45) is 0. The number of rotatable bonds is 5. The van der Waals surface area contributed by atoms with Crippen molar-refractivity contribution in [2.45, 2.75) is 0 Å². The Hall–Kier alpha value is -5.87. The Bertz CT molecular complexity index is 2130. The molecule has 0 saturated heterocycles. The molecule has 0 spiro atoms. The Balaban J connectivity index is 1.42. The van der Waals surface area contributed by atoms with Crippen LogP contribution in [0.25, 0.3) is 49.0 Å². The van der Waals surface area contributed by atoms with Crippen molar-refractivity contribution in [2.75, 3.05) is 4.90 Å². The van der Waals surface area contributed by atoms with Crippen molar-refractivity contribution in [3.05, 3.63) is 156 Å². The third-order valence-electron chi connectivity index (χ3n) is 7.43. The predicted octanol–water partition coefficient (Wildman–Crippen LogP) is 11.5. The summed E-state index contributed by atoms with van der Waals surface area (Å²) in [4.78, 5) is 5.42. The van der Waals surface area contributed by atoms with Crippen LogP contribution in [0.1, 0.15) is 0 Å². The minimum atomic E-state index is -0.686. The number of benzene rings is 6. The van der Waals surface area contributed by atoms with E-state index in [2.05, 4.69) is 4.85 Å². The second kappa shape index (κ2) is 10.8.